The van der Waals surface area contributed by atoms with Crippen molar-refractivity contribution in [2.75, 3.05) is 6.54 Å². The van der Waals surface area contributed by atoms with E-state index >= 15 is 0 Å². The van der Waals surface area contributed by atoms with Gasteiger partial charge in [-0.25, -0.2) is 0 Å². The Morgan fingerprint density at radius 2 is 1.82 bits per heavy atom. The predicted octanol–water partition coefficient (Wildman–Crippen LogP) is 4.91. The van der Waals surface area contributed by atoms with Crippen LogP contribution in [0.5, 0.6) is 0 Å². The molecule has 1 heterocycles. The smallest absolute Gasteiger partial charge is 0.392 e. The zero-order chi connectivity index (χ0) is 27.7. The first-order valence-electron chi connectivity index (χ1n) is 12.3. The summed E-state index contributed by atoms with van der Waals surface area (Å²) in [6.07, 6.45) is -0.884. The number of non-ortho nitro benzene ring substituents is 1. The average molecular weight is 645 g/mol. The maximum absolute atomic E-state index is 13.9. The van der Waals surface area contributed by atoms with Crippen molar-refractivity contribution in [3.63, 3.8) is 0 Å². The minimum Gasteiger partial charge on any atom is -0.392 e. The lowest BCUT2D eigenvalue weighted by Gasteiger charge is -2.42. The molecule has 2 fully saturated rings. The van der Waals surface area contributed by atoms with Crippen molar-refractivity contribution in [3.05, 3.63) is 72.8 Å². The molecule has 0 aromatic heterocycles. The molecule has 1 aliphatic heterocycles. The number of alkyl halides is 3. The molecule has 0 radical (unpaired) electrons. The van der Waals surface area contributed by atoms with Crippen LogP contribution in [-0.4, -0.2) is 45.5 Å². The van der Waals surface area contributed by atoms with Crippen LogP contribution < -0.4 is 5.32 Å². The van der Waals surface area contributed by atoms with Gasteiger partial charge < -0.3 is 15.3 Å². The molecule has 0 bridgehead atoms. The number of benzene rings is 2. The average Bonchev–Trinajstić information content (AvgIpc) is 3.20. The number of nitrogens with one attached hydrogen (secondary N) is 1. The molecule has 2 aliphatic rings. The molecule has 12 heteroatoms. The Labute approximate surface area is 230 Å². The zero-order valence-corrected chi connectivity index (χ0v) is 22.5. The fourth-order valence-electron chi connectivity index (χ4n) is 5.70. The molecule has 1 saturated carbocycles. The van der Waals surface area contributed by atoms with Gasteiger partial charge in [0.1, 0.15) is 12.0 Å². The number of hydrogen-bond acceptors (Lipinski definition) is 5. The van der Waals surface area contributed by atoms with Crippen molar-refractivity contribution in [3.8, 4) is 0 Å². The Morgan fingerprint density at radius 1 is 1.16 bits per heavy atom. The van der Waals surface area contributed by atoms with Crippen molar-refractivity contribution in [1.29, 1.82) is 0 Å². The number of amides is 2. The van der Waals surface area contributed by atoms with Gasteiger partial charge in [-0.15, -0.1) is 0 Å². The predicted molar refractivity (Wildman–Crippen MR) is 140 cm³/mol. The van der Waals surface area contributed by atoms with Crippen LogP contribution in [0.1, 0.15) is 61.3 Å². The van der Waals surface area contributed by atoms with Crippen LogP contribution in [0.25, 0.3) is 0 Å². The Balaban J connectivity index is 1.94. The highest BCUT2D eigenvalue weighted by atomic mass is 127. The highest BCUT2D eigenvalue weighted by Gasteiger charge is 2.60. The standard InChI is InChI=1S/C26H27F3IN3O5/c27-26(28,29)15-31-24(36)25(17-7-9-19(10-8-17)33(37)38)13-22(35)32(18-4-2-1-3-5-18)23(25)20-11-6-16(14-34)12-21(20)30/h6-12,18,23,34H,1-5,13-15H2,(H,31,36)/t23-,25-/m1/s1. The number of rotatable bonds is 7. The monoisotopic (exact) mass is 645 g/mol. The highest BCUT2D eigenvalue weighted by molar-refractivity contribution is 14.1. The van der Waals surface area contributed by atoms with Gasteiger partial charge in [-0.3, -0.25) is 19.7 Å². The second kappa shape index (κ2) is 11.2. The lowest BCUT2D eigenvalue weighted by Crippen LogP contribution is -2.51. The fourth-order valence-corrected chi connectivity index (χ4v) is 6.58. The normalized spacial score (nSPS) is 22.5. The molecular formula is C26H27F3IN3O5. The number of nitro benzene ring substituents is 1. The Bertz CT molecular complexity index is 1220. The largest absolute Gasteiger partial charge is 0.405 e. The minimum absolute atomic E-state index is 0.204. The second-order valence-electron chi connectivity index (χ2n) is 9.76. The third kappa shape index (κ3) is 5.51. The maximum Gasteiger partial charge on any atom is 0.405 e. The summed E-state index contributed by atoms with van der Waals surface area (Å²) in [5.41, 5.74) is -0.614. The first-order valence-corrected chi connectivity index (χ1v) is 13.4. The van der Waals surface area contributed by atoms with Crippen molar-refractivity contribution >= 4 is 40.1 Å². The first kappa shape index (κ1) is 28.3. The fraction of sp³-hybridized carbons (Fsp3) is 0.462. The molecule has 2 N–H and O–H groups in total. The number of aliphatic hydroxyl groups is 1. The van der Waals surface area contributed by atoms with Crippen LogP contribution in [-0.2, 0) is 21.6 Å². The number of nitrogens with zero attached hydrogens (tertiary/aromatic N) is 2. The van der Waals surface area contributed by atoms with E-state index < -0.39 is 35.0 Å². The van der Waals surface area contributed by atoms with Crippen LogP contribution in [0.4, 0.5) is 18.9 Å². The van der Waals surface area contributed by atoms with E-state index in [0.29, 0.717) is 27.5 Å². The van der Waals surface area contributed by atoms with Gasteiger partial charge in [0.05, 0.1) is 17.6 Å². The molecule has 2 aromatic carbocycles. The van der Waals surface area contributed by atoms with E-state index in [0.717, 1.165) is 19.3 Å². The maximum atomic E-state index is 13.9. The number of nitro groups is 1. The zero-order valence-electron chi connectivity index (χ0n) is 20.3. The van der Waals surface area contributed by atoms with Gasteiger partial charge in [0.15, 0.2) is 0 Å². The number of hydrogen-bond donors (Lipinski definition) is 2. The number of likely N-dealkylation sites (tertiary alicyclic amines) is 1. The van der Waals surface area contributed by atoms with Crippen molar-refractivity contribution < 1.29 is 32.8 Å². The summed E-state index contributed by atoms with van der Waals surface area (Å²) in [4.78, 5) is 39.9. The number of carbonyl (C=O) groups excluding carboxylic acids is 2. The molecule has 38 heavy (non-hydrogen) atoms. The molecule has 1 saturated heterocycles. The van der Waals surface area contributed by atoms with Gasteiger partial charge in [0.2, 0.25) is 11.8 Å². The van der Waals surface area contributed by atoms with Crippen LogP contribution >= 0.6 is 22.6 Å². The number of carbonyl (C=O) groups is 2. The van der Waals surface area contributed by atoms with E-state index in [-0.39, 0.29) is 36.2 Å². The summed E-state index contributed by atoms with van der Waals surface area (Å²) in [5.74, 6) is -1.33. The molecule has 2 amide bonds. The minimum atomic E-state index is -4.68. The number of halogens is 4. The summed E-state index contributed by atoms with van der Waals surface area (Å²) >= 11 is 2.04. The molecule has 2 atom stereocenters. The van der Waals surface area contributed by atoms with E-state index in [9.17, 15) is 38.0 Å². The lowest BCUT2D eigenvalue weighted by molar-refractivity contribution is -0.384. The molecule has 0 unspecified atom stereocenters. The highest BCUT2D eigenvalue weighted by Crippen LogP contribution is 2.53. The van der Waals surface area contributed by atoms with E-state index in [2.05, 4.69) is 0 Å². The molecule has 0 spiro atoms. The molecular weight excluding hydrogens is 618 g/mol. The van der Waals surface area contributed by atoms with Gasteiger partial charge in [-0.1, -0.05) is 43.5 Å². The van der Waals surface area contributed by atoms with E-state index in [1.165, 1.54) is 24.3 Å². The van der Waals surface area contributed by atoms with Crippen molar-refractivity contribution in [1.82, 2.24) is 10.2 Å². The van der Waals surface area contributed by atoms with Gasteiger partial charge in [0.25, 0.3) is 5.69 Å². The number of aliphatic hydroxyl groups excluding tert-OH is 1. The van der Waals surface area contributed by atoms with Crippen LogP contribution in [0.2, 0.25) is 0 Å². The second-order valence-corrected chi connectivity index (χ2v) is 10.9. The Kier molecular flexibility index (Phi) is 8.31. The van der Waals surface area contributed by atoms with Gasteiger partial charge >= 0.3 is 6.18 Å². The van der Waals surface area contributed by atoms with E-state index in [1.54, 1.807) is 23.1 Å². The summed E-state index contributed by atoms with van der Waals surface area (Å²) < 4.78 is 40.2. The van der Waals surface area contributed by atoms with E-state index in [1.807, 2.05) is 27.9 Å². The summed E-state index contributed by atoms with van der Waals surface area (Å²) in [7, 11) is 0. The third-order valence-electron chi connectivity index (χ3n) is 7.42. The molecule has 4 rings (SSSR count). The van der Waals surface area contributed by atoms with Gasteiger partial charge in [0, 0.05) is 28.2 Å². The van der Waals surface area contributed by atoms with Gasteiger partial charge in [-0.2, -0.15) is 13.2 Å². The third-order valence-corrected chi connectivity index (χ3v) is 8.36. The van der Waals surface area contributed by atoms with Crippen molar-refractivity contribution in [2.45, 2.75) is 68.8 Å². The summed E-state index contributed by atoms with van der Waals surface area (Å²) in [6.45, 7) is -1.81. The Morgan fingerprint density at radius 3 is 2.37 bits per heavy atom. The lowest BCUT2D eigenvalue weighted by atomic mass is 9.70. The molecule has 1 aliphatic carbocycles. The SMILES string of the molecule is O=C1C[C@@](C(=O)NCC(F)(F)F)(c2ccc([N+](=O)[O-])cc2)[C@@H](c2ccc(CO)cc2I)N1C1CCCCC1. The van der Waals surface area contributed by atoms with Crippen LogP contribution in [0.3, 0.4) is 0 Å². The quantitative estimate of drug-likeness (QED) is 0.253. The first-order chi connectivity index (χ1) is 18.0. The summed E-state index contributed by atoms with van der Waals surface area (Å²) in [6, 6.07) is 9.01. The van der Waals surface area contributed by atoms with Crippen molar-refractivity contribution in [2.24, 2.45) is 0 Å². The topological polar surface area (TPSA) is 113 Å². The summed E-state index contributed by atoms with van der Waals surface area (Å²) in [5, 5.41) is 22.9. The van der Waals surface area contributed by atoms with Crippen LogP contribution in [0.15, 0.2) is 42.5 Å². The molecule has 8 nitrogen and oxygen atoms in total. The van der Waals surface area contributed by atoms with Gasteiger partial charge in [-0.05, 0) is 58.2 Å². The molecule has 2 aromatic rings. The van der Waals surface area contributed by atoms with Crippen LogP contribution in [0, 0.1) is 13.7 Å². The molecule has 204 valence electrons. The van der Waals surface area contributed by atoms with E-state index in [4.69, 9.17) is 0 Å². The Hall–Kier alpha value is -2.74.